The number of carbonyl (C=O) groups excluding carboxylic acids is 4. The number of benzene rings is 3. The van der Waals surface area contributed by atoms with Crippen molar-refractivity contribution in [1.82, 2.24) is 4.90 Å². The van der Waals surface area contributed by atoms with Gasteiger partial charge in [0.05, 0.1) is 19.2 Å². The lowest BCUT2D eigenvalue weighted by Gasteiger charge is -2.16. The first-order valence-corrected chi connectivity index (χ1v) is 11.3. The summed E-state index contributed by atoms with van der Waals surface area (Å²) in [5.74, 6) is -2.09. The molecule has 2 N–H and O–H groups in total. The Bertz CT molecular complexity index is 1400. The van der Waals surface area contributed by atoms with Crippen LogP contribution in [0.4, 0.5) is 11.4 Å². The van der Waals surface area contributed by atoms with Crippen LogP contribution in [-0.4, -0.2) is 35.7 Å². The van der Waals surface area contributed by atoms with Crippen molar-refractivity contribution in [1.29, 1.82) is 0 Å². The van der Waals surface area contributed by atoms with Crippen molar-refractivity contribution in [2.75, 3.05) is 17.7 Å². The van der Waals surface area contributed by atoms with Crippen molar-refractivity contribution in [3.8, 4) is 0 Å². The first kappa shape index (κ1) is 24.7. The zero-order valence-corrected chi connectivity index (χ0v) is 20.3. The highest BCUT2D eigenvalue weighted by Gasteiger charge is 2.38. The Morgan fingerprint density at radius 3 is 2.39 bits per heavy atom. The summed E-state index contributed by atoms with van der Waals surface area (Å²) < 4.78 is 4.71. The number of carbonyl (C=O) groups is 4. The summed E-state index contributed by atoms with van der Waals surface area (Å²) in [6.45, 7) is 1.88. The third-order valence-electron chi connectivity index (χ3n) is 5.60. The Morgan fingerprint density at radius 2 is 1.67 bits per heavy atom. The van der Waals surface area contributed by atoms with Crippen LogP contribution in [0, 0.1) is 6.92 Å². The van der Waals surface area contributed by atoms with Gasteiger partial charge in [-0.2, -0.15) is 0 Å². The quantitative estimate of drug-likeness (QED) is 0.364. The number of rotatable bonds is 7. The van der Waals surface area contributed by atoms with E-state index in [1.807, 2.05) is 30.3 Å². The van der Waals surface area contributed by atoms with Gasteiger partial charge in [0.1, 0.15) is 10.7 Å². The highest BCUT2D eigenvalue weighted by Crippen LogP contribution is 2.29. The Morgan fingerprint density at radius 1 is 0.917 bits per heavy atom. The number of ether oxygens (including phenoxy) is 1. The molecular weight excluding hydrogens is 482 g/mol. The molecule has 0 fully saturated rings. The van der Waals surface area contributed by atoms with Crippen LogP contribution in [0.3, 0.4) is 0 Å². The van der Waals surface area contributed by atoms with E-state index in [2.05, 4.69) is 10.6 Å². The van der Waals surface area contributed by atoms with Gasteiger partial charge in [-0.05, 0) is 48.4 Å². The molecule has 4 rings (SSSR count). The number of methoxy groups -OCH3 is 1. The summed E-state index contributed by atoms with van der Waals surface area (Å²) in [4.78, 5) is 51.4. The zero-order valence-electron chi connectivity index (χ0n) is 19.5. The van der Waals surface area contributed by atoms with Gasteiger partial charge in [0.2, 0.25) is 0 Å². The molecule has 0 aliphatic carbocycles. The van der Waals surface area contributed by atoms with E-state index in [4.69, 9.17) is 16.3 Å². The van der Waals surface area contributed by atoms with Crippen LogP contribution in [-0.2, 0) is 20.9 Å². The Hall–Kier alpha value is -4.43. The van der Waals surface area contributed by atoms with Crippen molar-refractivity contribution < 1.29 is 23.9 Å². The molecule has 8 nitrogen and oxygen atoms in total. The summed E-state index contributed by atoms with van der Waals surface area (Å²) in [5.41, 5.74) is 2.92. The second-order valence-corrected chi connectivity index (χ2v) is 8.43. The van der Waals surface area contributed by atoms with Gasteiger partial charge in [0.15, 0.2) is 0 Å². The fourth-order valence-corrected chi connectivity index (χ4v) is 3.87. The van der Waals surface area contributed by atoms with Gasteiger partial charge in [-0.3, -0.25) is 19.3 Å². The second-order valence-electron chi connectivity index (χ2n) is 8.05. The molecule has 0 radical (unpaired) electrons. The summed E-state index contributed by atoms with van der Waals surface area (Å²) in [5, 5.41) is 5.46. The first-order valence-electron chi connectivity index (χ1n) is 11.0. The Kier molecular flexibility index (Phi) is 7.17. The molecule has 3 amide bonds. The van der Waals surface area contributed by atoms with Gasteiger partial charge in [-0.25, -0.2) is 4.79 Å². The monoisotopic (exact) mass is 503 g/mol. The van der Waals surface area contributed by atoms with Crippen LogP contribution in [0.25, 0.3) is 0 Å². The predicted octanol–water partition coefficient (Wildman–Crippen LogP) is 4.47. The van der Waals surface area contributed by atoms with E-state index in [1.54, 1.807) is 43.3 Å². The molecule has 36 heavy (non-hydrogen) atoms. The minimum Gasteiger partial charge on any atom is -0.465 e. The van der Waals surface area contributed by atoms with Gasteiger partial charge in [-0.1, -0.05) is 54.1 Å². The van der Waals surface area contributed by atoms with Crippen LogP contribution in [0.2, 0.25) is 0 Å². The van der Waals surface area contributed by atoms with Crippen molar-refractivity contribution in [2.45, 2.75) is 13.5 Å². The third kappa shape index (κ3) is 5.13. The van der Waals surface area contributed by atoms with E-state index in [0.717, 1.165) is 16.0 Å². The van der Waals surface area contributed by atoms with Crippen molar-refractivity contribution >= 4 is 46.7 Å². The van der Waals surface area contributed by atoms with Crippen LogP contribution < -0.4 is 10.6 Å². The highest BCUT2D eigenvalue weighted by atomic mass is 35.5. The number of anilines is 2. The third-order valence-corrected chi connectivity index (χ3v) is 5.95. The lowest BCUT2D eigenvalue weighted by atomic mass is 10.1. The minimum atomic E-state index is -0.593. The maximum absolute atomic E-state index is 13.0. The lowest BCUT2D eigenvalue weighted by molar-refractivity contribution is -0.138. The topological polar surface area (TPSA) is 105 Å². The number of imide groups is 1. The maximum Gasteiger partial charge on any atom is 0.337 e. The largest absolute Gasteiger partial charge is 0.465 e. The number of esters is 1. The lowest BCUT2D eigenvalue weighted by Crippen LogP contribution is -2.31. The molecule has 0 unspecified atom stereocenters. The molecule has 0 saturated heterocycles. The summed E-state index contributed by atoms with van der Waals surface area (Å²) in [6.07, 6.45) is 0. The van der Waals surface area contributed by atoms with Gasteiger partial charge in [-0.15, -0.1) is 0 Å². The molecule has 182 valence electrons. The number of nitrogens with one attached hydrogen (secondary N) is 2. The smallest absolute Gasteiger partial charge is 0.337 e. The molecule has 9 heteroatoms. The summed E-state index contributed by atoms with van der Waals surface area (Å²) >= 11 is 6.24. The molecule has 0 bridgehead atoms. The molecule has 0 spiro atoms. The van der Waals surface area contributed by atoms with E-state index >= 15 is 0 Å². The van der Waals surface area contributed by atoms with Crippen LogP contribution in [0.1, 0.15) is 31.8 Å². The number of amides is 3. The van der Waals surface area contributed by atoms with Gasteiger partial charge in [0, 0.05) is 16.9 Å². The number of hydrogen-bond donors (Lipinski definition) is 2. The predicted molar refractivity (Wildman–Crippen MR) is 135 cm³/mol. The number of aryl methyl sites for hydroxylation is 1. The highest BCUT2D eigenvalue weighted by molar-refractivity contribution is 6.48. The van der Waals surface area contributed by atoms with Crippen molar-refractivity contribution in [3.05, 3.63) is 106 Å². The fraction of sp³-hybridized carbons (Fsp3) is 0.111. The van der Waals surface area contributed by atoms with Crippen LogP contribution >= 0.6 is 11.6 Å². The summed E-state index contributed by atoms with van der Waals surface area (Å²) in [6, 6.07) is 20.4. The van der Waals surface area contributed by atoms with E-state index in [1.165, 1.54) is 13.2 Å². The molecule has 3 aromatic rings. The Labute approximate surface area is 212 Å². The minimum absolute atomic E-state index is 0.0518. The fourth-order valence-electron chi connectivity index (χ4n) is 3.64. The molecule has 1 aliphatic heterocycles. The zero-order chi connectivity index (χ0) is 25.8. The molecule has 1 heterocycles. The molecule has 0 saturated carbocycles. The van der Waals surface area contributed by atoms with Crippen LogP contribution in [0.15, 0.2) is 83.5 Å². The average Bonchev–Trinajstić information content (AvgIpc) is 3.08. The maximum atomic E-state index is 13.0. The normalized spacial score (nSPS) is 13.1. The van der Waals surface area contributed by atoms with Gasteiger partial charge >= 0.3 is 5.97 Å². The van der Waals surface area contributed by atoms with E-state index < -0.39 is 23.7 Å². The second kappa shape index (κ2) is 10.5. The van der Waals surface area contributed by atoms with Crippen molar-refractivity contribution in [3.63, 3.8) is 0 Å². The molecule has 0 aromatic heterocycles. The number of hydrogen-bond acceptors (Lipinski definition) is 6. The molecular formula is C27H22ClN3O5. The van der Waals surface area contributed by atoms with Crippen molar-refractivity contribution in [2.24, 2.45) is 0 Å². The number of nitrogens with zero attached hydrogens (tertiary/aromatic N) is 1. The van der Waals surface area contributed by atoms with Gasteiger partial charge < -0.3 is 15.4 Å². The molecule has 3 aromatic carbocycles. The van der Waals surface area contributed by atoms with E-state index in [-0.39, 0.29) is 17.3 Å². The molecule has 0 atom stereocenters. The summed E-state index contributed by atoms with van der Waals surface area (Å²) in [7, 11) is 1.28. The first-order chi connectivity index (χ1) is 17.3. The van der Waals surface area contributed by atoms with Gasteiger partial charge in [0.25, 0.3) is 17.7 Å². The molecule has 1 aliphatic rings. The number of halogens is 1. The SMILES string of the molecule is COC(=O)c1cccc(NC(=O)c2ccc(C)c(NC3=C(Cl)C(=O)N(Cc4ccccc4)C3=O)c2)c1. The van der Waals surface area contributed by atoms with E-state index in [9.17, 15) is 19.2 Å². The van der Waals surface area contributed by atoms with Crippen LogP contribution in [0.5, 0.6) is 0 Å². The Balaban J connectivity index is 1.52. The van der Waals surface area contributed by atoms with E-state index in [0.29, 0.717) is 22.5 Å². The average molecular weight is 504 g/mol. The standard InChI is InChI=1S/C27H22ClN3O5/c1-16-11-12-18(24(32)29-20-10-6-9-19(13-20)27(35)36-2)14-21(16)30-23-22(28)25(33)31(26(23)34)15-17-7-4-3-5-8-17/h3-14,30H,15H2,1-2H3,(H,29,32).